The van der Waals surface area contributed by atoms with Crippen LogP contribution in [0.3, 0.4) is 0 Å². The third-order valence-electron chi connectivity index (χ3n) is 3.34. The first-order valence-electron chi connectivity index (χ1n) is 6.69. The molecule has 0 radical (unpaired) electrons. The molecule has 0 bridgehead atoms. The zero-order valence-corrected chi connectivity index (χ0v) is 15.9. The minimum absolute atomic E-state index is 0. The van der Waals surface area contributed by atoms with Crippen LogP contribution in [0.1, 0.15) is 24.2 Å². The molecule has 6 heteroatoms. The number of hydrogen-bond donors (Lipinski definition) is 2. The monoisotopic (exact) mass is 493 g/mol. The van der Waals surface area contributed by atoms with Crippen molar-refractivity contribution in [2.75, 3.05) is 0 Å². The minimum atomic E-state index is -0.549. The van der Waals surface area contributed by atoms with Crippen molar-refractivity contribution in [2.45, 2.75) is 25.9 Å². The van der Waals surface area contributed by atoms with E-state index in [4.69, 9.17) is 0 Å². The van der Waals surface area contributed by atoms with Gasteiger partial charge in [0.05, 0.1) is 22.1 Å². The van der Waals surface area contributed by atoms with E-state index in [0.29, 0.717) is 0 Å². The number of rotatable bonds is 5. The maximum absolute atomic E-state index is 11.8. The SMILES string of the molecule is [CH2-]NC([CH2-])C(=O)NC(C)c1ccc(-c2scnc2C)cc1.[Os+2]. The van der Waals surface area contributed by atoms with E-state index < -0.39 is 6.04 Å². The van der Waals surface area contributed by atoms with Gasteiger partial charge in [0.2, 0.25) is 5.91 Å². The maximum atomic E-state index is 11.8. The van der Waals surface area contributed by atoms with Gasteiger partial charge in [-0.15, -0.1) is 11.3 Å². The summed E-state index contributed by atoms with van der Waals surface area (Å²) in [5.74, 6) is -0.167. The van der Waals surface area contributed by atoms with Gasteiger partial charge in [0.1, 0.15) is 0 Å². The predicted octanol–water partition coefficient (Wildman–Crippen LogP) is 2.88. The molecule has 2 N–H and O–H groups in total. The van der Waals surface area contributed by atoms with Crippen LogP contribution in [0.4, 0.5) is 0 Å². The van der Waals surface area contributed by atoms with Gasteiger partial charge in [-0.05, 0) is 25.0 Å². The average molecular weight is 492 g/mol. The van der Waals surface area contributed by atoms with Crippen molar-refractivity contribution in [1.82, 2.24) is 15.6 Å². The number of aryl methyl sites for hydroxylation is 1. The molecule has 22 heavy (non-hydrogen) atoms. The Kier molecular flexibility index (Phi) is 7.35. The fourth-order valence-corrected chi connectivity index (χ4v) is 2.80. The van der Waals surface area contributed by atoms with Gasteiger partial charge in [0, 0.05) is 0 Å². The van der Waals surface area contributed by atoms with Gasteiger partial charge in [-0.1, -0.05) is 30.3 Å². The molecule has 2 aromatic rings. The summed E-state index contributed by atoms with van der Waals surface area (Å²) in [7, 11) is 3.46. The molecule has 0 spiro atoms. The summed E-state index contributed by atoms with van der Waals surface area (Å²) >= 11 is 1.63. The van der Waals surface area contributed by atoms with Crippen LogP contribution in [0.2, 0.25) is 0 Å². The smallest absolute Gasteiger partial charge is 0.488 e. The molecule has 1 aromatic carbocycles. The van der Waals surface area contributed by atoms with Gasteiger partial charge in [-0.2, -0.15) is 0 Å². The number of hydrogen-bond acceptors (Lipinski definition) is 4. The average Bonchev–Trinajstić information content (AvgIpc) is 2.92. The molecular formula is C16H19N3OOsS. The van der Waals surface area contributed by atoms with E-state index in [1.807, 2.05) is 31.5 Å². The molecule has 0 aliphatic rings. The summed E-state index contributed by atoms with van der Waals surface area (Å²) in [4.78, 5) is 17.2. The van der Waals surface area contributed by atoms with Crippen molar-refractivity contribution in [3.63, 3.8) is 0 Å². The molecular weight excluding hydrogens is 472 g/mol. The normalized spacial score (nSPS) is 13.1. The molecule has 2 rings (SSSR count). The van der Waals surface area contributed by atoms with Crippen LogP contribution in [-0.4, -0.2) is 16.9 Å². The molecule has 2 unspecified atom stereocenters. The minimum Gasteiger partial charge on any atom is -0.488 e. The fourth-order valence-electron chi connectivity index (χ4n) is 1.99. The maximum Gasteiger partial charge on any atom is 2.00 e. The topological polar surface area (TPSA) is 54.0 Å². The number of thiazole rings is 1. The van der Waals surface area contributed by atoms with E-state index in [9.17, 15) is 4.79 Å². The molecule has 0 fully saturated rings. The van der Waals surface area contributed by atoms with E-state index in [0.717, 1.165) is 16.8 Å². The van der Waals surface area contributed by atoms with Crippen LogP contribution in [0.15, 0.2) is 29.8 Å². The molecule has 4 nitrogen and oxygen atoms in total. The van der Waals surface area contributed by atoms with Crippen LogP contribution in [0, 0.1) is 20.9 Å². The van der Waals surface area contributed by atoms with E-state index in [1.54, 1.807) is 11.3 Å². The number of aromatic nitrogens is 1. The standard InChI is InChI=1S/C16H19N3OS.Os/c1-10(19-16(20)12(3)17-4)13-5-7-14(8-6-13)15-11(2)18-9-21-15;/h5-10,12,17H,3-4H2,1-2H3,(H,19,20);/q-2;+2. The van der Waals surface area contributed by atoms with Crippen LogP contribution >= 0.6 is 11.3 Å². The zero-order valence-electron chi connectivity index (χ0n) is 12.6. The molecule has 0 saturated carbocycles. The van der Waals surface area contributed by atoms with Crippen molar-refractivity contribution in [3.8, 4) is 10.4 Å². The van der Waals surface area contributed by atoms with E-state index >= 15 is 0 Å². The van der Waals surface area contributed by atoms with Crippen molar-refractivity contribution >= 4 is 17.2 Å². The molecule has 0 saturated heterocycles. The van der Waals surface area contributed by atoms with Gasteiger partial charge in [-0.3, -0.25) is 11.8 Å². The Bertz CT molecular complexity index is 612. The number of carbonyl (C=O) groups is 1. The Morgan fingerprint density at radius 2 is 1.95 bits per heavy atom. The van der Waals surface area contributed by atoms with Gasteiger partial charge in [0.15, 0.2) is 0 Å². The van der Waals surface area contributed by atoms with Crippen molar-refractivity contribution in [1.29, 1.82) is 0 Å². The Hall–Kier alpha value is -1.08. The largest absolute Gasteiger partial charge is 2.00 e. The predicted molar refractivity (Wildman–Crippen MR) is 86.5 cm³/mol. The van der Waals surface area contributed by atoms with E-state index in [1.165, 1.54) is 4.88 Å². The number of amides is 1. The summed E-state index contributed by atoms with van der Waals surface area (Å²) in [5, 5.41) is 5.48. The van der Waals surface area contributed by atoms with Crippen LogP contribution in [0.5, 0.6) is 0 Å². The van der Waals surface area contributed by atoms with E-state index in [2.05, 4.69) is 41.7 Å². The second kappa shape index (κ2) is 8.52. The first-order chi connectivity index (χ1) is 10.0. The molecule has 2 atom stereocenters. The second-order valence-electron chi connectivity index (χ2n) is 4.88. The van der Waals surface area contributed by atoms with Gasteiger partial charge >= 0.3 is 19.8 Å². The molecule has 0 aliphatic carbocycles. The Morgan fingerprint density at radius 1 is 1.32 bits per heavy atom. The van der Waals surface area contributed by atoms with Crippen LogP contribution in [-0.2, 0) is 24.6 Å². The third kappa shape index (κ3) is 4.46. The van der Waals surface area contributed by atoms with Gasteiger partial charge in [0.25, 0.3) is 0 Å². The van der Waals surface area contributed by atoms with Gasteiger partial charge < -0.3 is 17.6 Å². The summed E-state index contributed by atoms with van der Waals surface area (Å²) in [6, 6.07) is 7.53. The summed E-state index contributed by atoms with van der Waals surface area (Å²) in [6.45, 7) is 7.62. The second-order valence-corrected chi connectivity index (χ2v) is 5.73. The van der Waals surface area contributed by atoms with Gasteiger partial charge in [-0.25, -0.2) is 4.98 Å². The molecule has 1 amide bonds. The molecule has 1 aromatic heterocycles. The van der Waals surface area contributed by atoms with Crippen molar-refractivity contribution in [3.05, 3.63) is 55.0 Å². The summed E-state index contributed by atoms with van der Waals surface area (Å²) in [5.41, 5.74) is 5.08. The van der Waals surface area contributed by atoms with Crippen LogP contribution in [0.25, 0.3) is 10.4 Å². The molecule has 1 heterocycles. The van der Waals surface area contributed by atoms with E-state index in [-0.39, 0.29) is 31.7 Å². The first-order valence-corrected chi connectivity index (χ1v) is 7.57. The molecule has 0 aliphatic heterocycles. The van der Waals surface area contributed by atoms with Crippen molar-refractivity contribution in [2.24, 2.45) is 0 Å². The Labute approximate surface area is 148 Å². The van der Waals surface area contributed by atoms with Crippen molar-refractivity contribution < 1.29 is 24.6 Å². The number of nitrogens with zero attached hydrogens (tertiary/aromatic N) is 1. The number of nitrogens with one attached hydrogen (secondary N) is 2. The Balaban J connectivity index is 0.00000242. The first kappa shape index (κ1) is 19.0. The third-order valence-corrected chi connectivity index (χ3v) is 4.32. The number of benzene rings is 1. The zero-order chi connectivity index (χ0) is 15.4. The Morgan fingerprint density at radius 3 is 2.45 bits per heavy atom. The fraction of sp³-hybridized carbons (Fsp3) is 0.250. The summed E-state index contributed by atoms with van der Waals surface area (Å²) in [6.07, 6.45) is 0. The number of carbonyl (C=O) groups excluding carboxylic acids is 1. The van der Waals surface area contributed by atoms with Crippen LogP contribution < -0.4 is 10.6 Å². The summed E-state index contributed by atoms with van der Waals surface area (Å²) < 4.78 is 0. The molecule has 118 valence electrons. The quantitative estimate of drug-likeness (QED) is 0.633.